The van der Waals surface area contributed by atoms with Crippen LogP contribution >= 0.6 is 0 Å². The van der Waals surface area contributed by atoms with Crippen LogP contribution < -0.4 is 19.3 Å². The van der Waals surface area contributed by atoms with E-state index >= 15 is 0 Å². The molecule has 0 amide bonds. The van der Waals surface area contributed by atoms with Crippen LogP contribution in [0.3, 0.4) is 0 Å². The summed E-state index contributed by atoms with van der Waals surface area (Å²) in [5.74, 6) is 1.75. The molecule has 2 aromatic carbocycles. The molecule has 12 nitrogen and oxygen atoms in total. The molecule has 38 heavy (non-hydrogen) atoms. The van der Waals surface area contributed by atoms with Crippen LogP contribution in [0.15, 0.2) is 85.2 Å². The zero-order valence-corrected chi connectivity index (χ0v) is 20.0. The standard InChI is InChI=1S/C26H22N6O6/c33-31(34)21-7-9-25(27-17-21)37-23-5-1-3-19(15-23)29-11-13-30(14-12-29)20-4-2-6-24(16-20)38-26-10-8-22(18-28-26)32(35)36/h1-10,15-18H,11-14H2. The third-order valence-corrected chi connectivity index (χ3v) is 5.95. The van der Waals surface area contributed by atoms with E-state index in [9.17, 15) is 20.2 Å². The molecule has 0 saturated carbocycles. The highest BCUT2D eigenvalue weighted by Gasteiger charge is 2.19. The van der Waals surface area contributed by atoms with E-state index in [1.807, 2.05) is 48.5 Å². The molecule has 1 aliphatic heterocycles. The largest absolute Gasteiger partial charge is 0.439 e. The Kier molecular flexibility index (Phi) is 6.93. The molecular weight excluding hydrogens is 492 g/mol. The van der Waals surface area contributed by atoms with Gasteiger partial charge in [0.1, 0.15) is 23.9 Å². The number of rotatable bonds is 8. The number of benzene rings is 2. The van der Waals surface area contributed by atoms with Crippen LogP contribution in [-0.2, 0) is 0 Å². The number of hydrogen-bond donors (Lipinski definition) is 0. The van der Waals surface area contributed by atoms with Gasteiger partial charge >= 0.3 is 0 Å². The Bertz CT molecular complexity index is 1330. The number of piperazine rings is 1. The van der Waals surface area contributed by atoms with E-state index in [-0.39, 0.29) is 23.1 Å². The molecule has 1 saturated heterocycles. The lowest BCUT2D eigenvalue weighted by Gasteiger charge is -2.37. The summed E-state index contributed by atoms with van der Waals surface area (Å²) in [5, 5.41) is 21.6. The van der Waals surface area contributed by atoms with Gasteiger partial charge in [0.2, 0.25) is 11.8 Å². The average molecular weight is 514 g/mol. The summed E-state index contributed by atoms with van der Waals surface area (Å²) < 4.78 is 11.6. The lowest BCUT2D eigenvalue weighted by molar-refractivity contribution is -0.385. The number of anilines is 2. The summed E-state index contributed by atoms with van der Waals surface area (Å²) in [6.45, 7) is 3.14. The summed E-state index contributed by atoms with van der Waals surface area (Å²) >= 11 is 0. The van der Waals surface area contributed by atoms with E-state index < -0.39 is 9.85 Å². The van der Waals surface area contributed by atoms with Crippen LogP contribution in [0, 0.1) is 20.2 Å². The van der Waals surface area contributed by atoms with Crippen molar-refractivity contribution in [1.82, 2.24) is 9.97 Å². The van der Waals surface area contributed by atoms with Crippen molar-refractivity contribution >= 4 is 22.7 Å². The number of nitro groups is 2. The van der Waals surface area contributed by atoms with Gasteiger partial charge in [0.15, 0.2) is 0 Å². The summed E-state index contributed by atoms with van der Waals surface area (Å²) in [4.78, 5) is 33.1. The maximum absolute atomic E-state index is 10.8. The lowest BCUT2D eigenvalue weighted by Crippen LogP contribution is -2.46. The van der Waals surface area contributed by atoms with Gasteiger partial charge in [0.25, 0.3) is 11.4 Å². The zero-order chi connectivity index (χ0) is 26.5. The van der Waals surface area contributed by atoms with Gasteiger partial charge in [0.05, 0.1) is 9.85 Å². The first-order chi connectivity index (χ1) is 18.4. The van der Waals surface area contributed by atoms with Crippen molar-refractivity contribution in [3.05, 3.63) is 105 Å². The van der Waals surface area contributed by atoms with Crippen molar-refractivity contribution in [2.75, 3.05) is 36.0 Å². The van der Waals surface area contributed by atoms with Crippen LogP contribution in [0.2, 0.25) is 0 Å². The fourth-order valence-electron chi connectivity index (χ4n) is 4.03. The summed E-state index contributed by atoms with van der Waals surface area (Å²) in [6.07, 6.45) is 2.34. The smallest absolute Gasteiger partial charge is 0.287 e. The first kappa shape index (κ1) is 24.4. The van der Waals surface area contributed by atoms with Crippen molar-refractivity contribution in [2.45, 2.75) is 0 Å². The molecule has 12 heteroatoms. The molecule has 3 heterocycles. The highest BCUT2D eigenvalue weighted by atomic mass is 16.6. The lowest BCUT2D eigenvalue weighted by atomic mass is 10.2. The first-order valence-electron chi connectivity index (χ1n) is 11.7. The van der Waals surface area contributed by atoms with E-state index in [1.165, 1.54) is 36.7 Å². The minimum Gasteiger partial charge on any atom is -0.439 e. The van der Waals surface area contributed by atoms with E-state index in [4.69, 9.17) is 9.47 Å². The third kappa shape index (κ3) is 5.75. The van der Waals surface area contributed by atoms with Crippen molar-refractivity contribution in [1.29, 1.82) is 0 Å². The molecule has 0 atom stereocenters. The Morgan fingerprint density at radius 2 is 1.05 bits per heavy atom. The van der Waals surface area contributed by atoms with Gasteiger partial charge in [-0.15, -0.1) is 0 Å². The predicted molar refractivity (Wildman–Crippen MR) is 139 cm³/mol. The topological polar surface area (TPSA) is 137 Å². The number of pyridine rings is 2. The van der Waals surface area contributed by atoms with Gasteiger partial charge in [-0.25, -0.2) is 9.97 Å². The van der Waals surface area contributed by atoms with Crippen LogP contribution in [0.4, 0.5) is 22.7 Å². The SMILES string of the molecule is O=[N+]([O-])c1ccc(Oc2cccc(N3CCN(c4cccc(Oc5ccc([N+](=O)[O-])cn5)c4)CC3)c2)nc1. The molecule has 0 spiro atoms. The summed E-state index contributed by atoms with van der Waals surface area (Å²) in [5.41, 5.74) is 1.82. The second-order valence-corrected chi connectivity index (χ2v) is 8.40. The molecule has 0 unspecified atom stereocenters. The van der Waals surface area contributed by atoms with Crippen LogP contribution in [-0.4, -0.2) is 46.0 Å². The van der Waals surface area contributed by atoms with E-state index in [2.05, 4.69) is 19.8 Å². The quantitative estimate of drug-likeness (QED) is 0.228. The molecule has 192 valence electrons. The summed E-state index contributed by atoms with van der Waals surface area (Å²) in [6, 6.07) is 20.9. The van der Waals surface area contributed by atoms with Crippen LogP contribution in [0.1, 0.15) is 0 Å². The highest BCUT2D eigenvalue weighted by Crippen LogP contribution is 2.29. The molecule has 5 rings (SSSR count). The second kappa shape index (κ2) is 10.8. The maximum atomic E-state index is 10.8. The number of nitrogens with zero attached hydrogens (tertiary/aromatic N) is 6. The molecule has 2 aromatic heterocycles. The van der Waals surface area contributed by atoms with Crippen molar-refractivity contribution < 1.29 is 19.3 Å². The second-order valence-electron chi connectivity index (χ2n) is 8.40. The molecular formula is C26H22N6O6. The summed E-state index contributed by atoms with van der Waals surface area (Å²) in [7, 11) is 0. The van der Waals surface area contributed by atoms with Gasteiger partial charge in [-0.05, 0) is 24.3 Å². The minimum absolute atomic E-state index is 0.0934. The van der Waals surface area contributed by atoms with Gasteiger partial charge in [0, 0.05) is 74.0 Å². The van der Waals surface area contributed by atoms with Gasteiger partial charge < -0.3 is 19.3 Å². The Morgan fingerprint density at radius 3 is 1.39 bits per heavy atom. The first-order valence-corrected chi connectivity index (χ1v) is 11.7. The fourth-order valence-corrected chi connectivity index (χ4v) is 4.03. The molecule has 1 fully saturated rings. The van der Waals surface area contributed by atoms with E-state index in [0.29, 0.717) is 11.5 Å². The van der Waals surface area contributed by atoms with Crippen molar-refractivity contribution in [2.24, 2.45) is 0 Å². The average Bonchev–Trinajstić information content (AvgIpc) is 2.94. The molecule has 4 aromatic rings. The molecule has 1 aliphatic rings. The van der Waals surface area contributed by atoms with Gasteiger partial charge in [-0.2, -0.15) is 0 Å². The molecule has 0 aliphatic carbocycles. The normalized spacial score (nSPS) is 13.2. The molecule has 0 N–H and O–H groups in total. The van der Waals surface area contributed by atoms with Gasteiger partial charge in [-0.1, -0.05) is 12.1 Å². The van der Waals surface area contributed by atoms with E-state index in [1.54, 1.807) is 0 Å². The Hall–Kier alpha value is -5.26. The predicted octanol–water partition coefficient (Wildman–Crippen LogP) is 5.20. The van der Waals surface area contributed by atoms with E-state index in [0.717, 1.165) is 37.6 Å². The maximum Gasteiger partial charge on any atom is 0.287 e. The fraction of sp³-hybridized carbons (Fsp3) is 0.154. The molecule has 0 radical (unpaired) electrons. The van der Waals surface area contributed by atoms with Crippen molar-refractivity contribution in [3.8, 4) is 23.3 Å². The van der Waals surface area contributed by atoms with Crippen molar-refractivity contribution in [3.63, 3.8) is 0 Å². The van der Waals surface area contributed by atoms with Crippen LogP contribution in [0.25, 0.3) is 0 Å². The Morgan fingerprint density at radius 1 is 0.632 bits per heavy atom. The molecule has 0 bridgehead atoms. The monoisotopic (exact) mass is 514 g/mol. The minimum atomic E-state index is -0.503. The highest BCUT2D eigenvalue weighted by molar-refractivity contribution is 5.56. The van der Waals surface area contributed by atoms with Crippen LogP contribution in [0.5, 0.6) is 23.3 Å². The third-order valence-electron chi connectivity index (χ3n) is 5.95. The zero-order valence-electron chi connectivity index (χ0n) is 20.0. The Balaban J connectivity index is 1.19. The number of aromatic nitrogens is 2. The number of ether oxygens (including phenoxy) is 2. The Labute approximate surface area is 217 Å². The number of hydrogen-bond acceptors (Lipinski definition) is 10. The van der Waals surface area contributed by atoms with Gasteiger partial charge in [-0.3, -0.25) is 20.2 Å².